The Hall–Kier alpha value is -3.14. The fourth-order valence-electron chi connectivity index (χ4n) is 2.94. The van der Waals surface area contributed by atoms with Gasteiger partial charge in [-0.25, -0.2) is 0 Å². The first kappa shape index (κ1) is 18.6. The fraction of sp³-hybridized carbons (Fsp3) is 0.217. The van der Waals surface area contributed by atoms with Crippen LogP contribution in [0.4, 0.5) is 0 Å². The number of nitrogens with one attached hydrogen (secondary N) is 1. The number of Topliss-reactive ketones (excluding diaryl/α,β-unsaturated/α-hetero) is 1. The lowest BCUT2D eigenvalue weighted by molar-refractivity contribution is 0.0982. The molecule has 0 saturated carbocycles. The maximum atomic E-state index is 12.4. The van der Waals surface area contributed by atoms with Crippen LogP contribution >= 0.6 is 0 Å². The van der Waals surface area contributed by atoms with E-state index in [1.165, 1.54) is 0 Å². The first-order valence-electron chi connectivity index (χ1n) is 9.06. The molecule has 0 fully saturated rings. The first-order valence-corrected chi connectivity index (χ1v) is 9.06. The van der Waals surface area contributed by atoms with Gasteiger partial charge >= 0.3 is 0 Å². The van der Waals surface area contributed by atoms with Crippen molar-refractivity contribution in [2.24, 2.45) is 0 Å². The molecule has 1 unspecified atom stereocenters. The van der Waals surface area contributed by atoms with E-state index in [-0.39, 0.29) is 17.4 Å². The number of hydrogen-bond acceptors (Lipinski definition) is 3. The molecule has 0 radical (unpaired) electrons. The minimum Gasteiger partial charge on any atom is -0.486 e. The molecule has 1 aromatic heterocycles. The van der Waals surface area contributed by atoms with Gasteiger partial charge in [0.05, 0.1) is 0 Å². The largest absolute Gasteiger partial charge is 0.486 e. The van der Waals surface area contributed by atoms with Crippen LogP contribution in [0, 0.1) is 6.92 Å². The Morgan fingerprint density at radius 1 is 1.07 bits per heavy atom. The molecule has 0 aliphatic heterocycles. The van der Waals surface area contributed by atoms with E-state index < -0.39 is 0 Å². The molecule has 0 spiro atoms. The van der Waals surface area contributed by atoms with Crippen LogP contribution in [0.25, 0.3) is 0 Å². The van der Waals surface area contributed by atoms with E-state index in [0.717, 1.165) is 16.9 Å². The van der Waals surface area contributed by atoms with E-state index in [9.17, 15) is 9.59 Å². The van der Waals surface area contributed by atoms with Gasteiger partial charge in [0.25, 0.3) is 5.56 Å². The van der Waals surface area contributed by atoms with Crippen LogP contribution in [0.15, 0.2) is 71.7 Å². The van der Waals surface area contributed by atoms with Gasteiger partial charge in [0.1, 0.15) is 11.9 Å². The highest BCUT2D eigenvalue weighted by Gasteiger charge is 2.11. The van der Waals surface area contributed by atoms with Gasteiger partial charge in [-0.05, 0) is 49.6 Å². The number of aryl methyl sites for hydroxylation is 2. The number of pyridine rings is 1. The van der Waals surface area contributed by atoms with Gasteiger partial charge in [-0.3, -0.25) is 9.59 Å². The van der Waals surface area contributed by atoms with Crippen molar-refractivity contribution in [3.8, 4) is 5.75 Å². The second-order valence-corrected chi connectivity index (χ2v) is 6.65. The number of carbonyl (C=O) groups excluding carboxylic acids is 1. The van der Waals surface area contributed by atoms with Crippen LogP contribution in [0.1, 0.15) is 46.5 Å². The maximum Gasteiger partial charge on any atom is 0.251 e. The molecular weight excluding hydrogens is 338 g/mol. The molecule has 0 aliphatic carbocycles. The van der Waals surface area contributed by atoms with Crippen molar-refractivity contribution < 1.29 is 9.53 Å². The van der Waals surface area contributed by atoms with Gasteiger partial charge in [0.2, 0.25) is 0 Å². The van der Waals surface area contributed by atoms with Gasteiger partial charge in [-0.2, -0.15) is 0 Å². The molecule has 0 saturated heterocycles. The van der Waals surface area contributed by atoms with Crippen LogP contribution in [-0.4, -0.2) is 10.8 Å². The monoisotopic (exact) mass is 361 g/mol. The van der Waals surface area contributed by atoms with Crippen molar-refractivity contribution in [3.05, 3.63) is 99.5 Å². The molecule has 0 amide bonds. The van der Waals surface area contributed by atoms with E-state index >= 15 is 0 Å². The number of para-hydroxylation sites is 1. The lowest BCUT2D eigenvalue weighted by Gasteiger charge is -2.15. The molecular formula is C23H23NO3. The minimum absolute atomic E-state index is 0.0269. The van der Waals surface area contributed by atoms with Crippen molar-refractivity contribution in [2.75, 3.05) is 0 Å². The van der Waals surface area contributed by atoms with Crippen LogP contribution in [0.2, 0.25) is 0 Å². The Morgan fingerprint density at radius 3 is 2.48 bits per heavy atom. The molecule has 0 bridgehead atoms. The SMILES string of the molecule is Cc1c[nH]c(=O)c(CCC(=O)c2ccc(C(C)Oc3ccccc3)cc2)c1. The lowest BCUT2D eigenvalue weighted by atomic mass is 10.0. The molecule has 1 atom stereocenters. The van der Waals surface area contributed by atoms with E-state index in [2.05, 4.69) is 4.98 Å². The Morgan fingerprint density at radius 2 is 1.78 bits per heavy atom. The van der Waals surface area contributed by atoms with Gasteiger partial charge in [0, 0.05) is 23.7 Å². The molecule has 2 aromatic carbocycles. The highest BCUT2D eigenvalue weighted by molar-refractivity contribution is 5.96. The van der Waals surface area contributed by atoms with Crippen LogP contribution in [0.5, 0.6) is 5.75 Å². The molecule has 27 heavy (non-hydrogen) atoms. The third kappa shape index (κ3) is 4.94. The Bertz CT molecular complexity index is 959. The molecule has 138 valence electrons. The summed E-state index contributed by atoms with van der Waals surface area (Å²) in [5.41, 5.74) is 3.15. The Labute approximate surface area is 158 Å². The zero-order valence-corrected chi connectivity index (χ0v) is 15.6. The standard InChI is InChI=1S/C23H23NO3/c1-16-14-20(23(26)24-15-16)12-13-22(25)19-10-8-18(9-11-19)17(2)27-21-6-4-3-5-7-21/h3-11,14-15,17H,12-13H2,1-2H3,(H,24,26). The van der Waals surface area contributed by atoms with Crippen LogP contribution in [0.3, 0.4) is 0 Å². The number of H-pyrrole nitrogens is 1. The summed E-state index contributed by atoms with van der Waals surface area (Å²) in [6.45, 7) is 3.90. The average molecular weight is 361 g/mol. The smallest absolute Gasteiger partial charge is 0.251 e. The third-order valence-corrected chi connectivity index (χ3v) is 4.50. The predicted molar refractivity (Wildman–Crippen MR) is 106 cm³/mol. The topological polar surface area (TPSA) is 59.2 Å². The Kier molecular flexibility index (Phi) is 5.87. The number of carbonyl (C=O) groups is 1. The summed E-state index contributed by atoms with van der Waals surface area (Å²) in [6, 6.07) is 19.0. The van der Waals surface area contributed by atoms with E-state index in [1.807, 2.05) is 74.5 Å². The molecule has 1 N–H and O–H groups in total. The number of aromatic amines is 1. The van der Waals surface area contributed by atoms with Crippen LogP contribution < -0.4 is 10.3 Å². The van der Waals surface area contributed by atoms with Crippen molar-refractivity contribution >= 4 is 5.78 Å². The first-order chi connectivity index (χ1) is 13.0. The molecule has 3 rings (SSSR count). The highest BCUT2D eigenvalue weighted by atomic mass is 16.5. The second kappa shape index (κ2) is 8.49. The summed E-state index contributed by atoms with van der Waals surface area (Å²) in [5.74, 6) is 0.840. The predicted octanol–water partition coefficient (Wildman–Crippen LogP) is 4.64. The summed E-state index contributed by atoms with van der Waals surface area (Å²) < 4.78 is 5.91. The second-order valence-electron chi connectivity index (χ2n) is 6.65. The Balaban J connectivity index is 1.61. The van der Waals surface area contributed by atoms with Crippen molar-refractivity contribution in [1.82, 2.24) is 4.98 Å². The summed E-state index contributed by atoms with van der Waals surface area (Å²) in [7, 11) is 0. The van der Waals surface area contributed by atoms with Gasteiger partial charge in [-0.15, -0.1) is 0 Å². The van der Waals surface area contributed by atoms with E-state index in [1.54, 1.807) is 6.20 Å². The third-order valence-electron chi connectivity index (χ3n) is 4.50. The lowest BCUT2D eigenvalue weighted by Crippen LogP contribution is -2.14. The quantitative estimate of drug-likeness (QED) is 0.624. The van der Waals surface area contributed by atoms with Crippen LogP contribution in [-0.2, 0) is 6.42 Å². The molecule has 4 heteroatoms. The number of aromatic nitrogens is 1. The maximum absolute atomic E-state index is 12.4. The number of hydrogen-bond donors (Lipinski definition) is 1. The number of rotatable bonds is 7. The normalized spacial score (nSPS) is 11.8. The highest BCUT2D eigenvalue weighted by Crippen LogP contribution is 2.22. The zero-order valence-electron chi connectivity index (χ0n) is 15.6. The molecule has 3 aromatic rings. The summed E-state index contributed by atoms with van der Waals surface area (Å²) >= 11 is 0. The van der Waals surface area contributed by atoms with Crippen molar-refractivity contribution in [2.45, 2.75) is 32.8 Å². The van der Waals surface area contributed by atoms with E-state index in [0.29, 0.717) is 24.0 Å². The van der Waals surface area contributed by atoms with Crippen molar-refractivity contribution in [3.63, 3.8) is 0 Å². The number of ketones is 1. The van der Waals surface area contributed by atoms with Crippen molar-refractivity contribution in [1.29, 1.82) is 0 Å². The number of ether oxygens (including phenoxy) is 1. The molecule has 1 heterocycles. The van der Waals surface area contributed by atoms with Gasteiger partial charge in [-0.1, -0.05) is 42.5 Å². The van der Waals surface area contributed by atoms with Gasteiger partial charge in [0.15, 0.2) is 5.78 Å². The summed E-state index contributed by atoms with van der Waals surface area (Å²) in [4.78, 5) is 26.9. The molecule has 0 aliphatic rings. The zero-order chi connectivity index (χ0) is 19.2. The number of benzene rings is 2. The van der Waals surface area contributed by atoms with Gasteiger partial charge < -0.3 is 9.72 Å². The minimum atomic E-state index is -0.129. The summed E-state index contributed by atoms with van der Waals surface area (Å²) in [6.07, 6.45) is 2.31. The fourth-order valence-corrected chi connectivity index (χ4v) is 2.94. The summed E-state index contributed by atoms with van der Waals surface area (Å²) in [5, 5.41) is 0. The average Bonchev–Trinajstić information content (AvgIpc) is 2.69. The van der Waals surface area contributed by atoms with E-state index in [4.69, 9.17) is 4.74 Å². The molecule has 4 nitrogen and oxygen atoms in total.